The SMILES string of the molecule is C/C=C(Nc1ccc(C)cc1C)\C(=C/CC)Oc1c(C)cccc1CC1CCCC1. The van der Waals surface area contributed by atoms with Gasteiger partial charge in [-0.3, -0.25) is 0 Å². The molecule has 1 aliphatic rings. The molecule has 2 aromatic carbocycles. The molecule has 0 amide bonds. The molecular formula is C28H37NO. The van der Waals surface area contributed by atoms with Gasteiger partial charge in [-0.15, -0.1) is 0 Å². The normalized spacial score (nSPS) is 15.5. The van der Waals surface area contributed by atoms with Gasteiger partial charge in [0.2, 0.25) is 0 Å². The number of allylic oxidation sites excluding steroid dienone is 2. The molecule has 0 atom stereocenters. The van der Waals surface area contributed by atoms with Gasteiger partial charge in [0.25, 0.3) is 0 Å². The Hall–Kier alpha value is -2.48. The Balaban J connectivity index is 1.87. The lowest BCUT2D eigenvalue weighted by Crippen LogP contribution is -2.11. The van der Waals surface area contributed by atoms with Crippen LogP contribution in [0.2, 0.25) is 0 Å². The van der Waals surface area contributed by atoms with E-state index in [1.807, 2.05) is 0 Å². The summed E-state index contributed by atoms with van der Waals surface area (Å²) in [5.74, 6) is 2.73. The number of ether oxygens (including phenoxy) is 1. The van der Waals surface area contributed by atoms with Crippen LogP contribution >= 0.6 is 0 Å². The summed E-state index contributed by atoms with van der Waals surface area (Å²) >= 11 is 0. The van der Waals surface area contributed by atoms with Gasteiger partial charge in [-0.05, 0) is 75.3 Å². The highest BCUT2D eigenvalue weighted by Gasteiger charge is 2.19. The van der Waals surface area contributed by atoms with Crippen molar-refractivity contribution in [3.05, 3.63) is 82.3 Å². The van der Waals surface area contributed by atoms with E-state index in [4.69, 9.17) is 4.74 Å². The van der Waals surface area contributed by atoms with E-state index < -0.39 is 0 Å². The van der Waals surface area contributed by atoms with Gasteiger partial charge >= 0.3 is 0 Å². The van der Waals surface area contributed by atoms with Gasteiger partial charge in [-0.1, -0.05) is 74.6 Å². The predicted octanol–water partition coefficient (Wildman–Crippen LogP) is 8.03. The molecule has 1 aliphatic carbocycles. The number of nitrogens with one attached hydrogen (secondary N) is 1. The van der Waals surface area contributed by atoms with Crippen molar-refractivity contribution in [2.24, 2.45) is 5.92 Å². The lowest BCUT2D eigenvalue weighted by atomic mass is 9.96. The molecule has 0 aromatic heterocycles. The third-order valence-electron chi connectivity index (χ3n) is 6.08. The molecular weight excluding hydrogens is 366 g/mol. The predicted molar refractivity (Wildman–Crippen MR) is 129 cm³/mol. The second-order valence-corrected chi connectivity index (χ2v) is 8.64. The fourth-order valence-electron chi connectivity index (χ4n) is 4.42. The maximum absolute atomic E-state index is 6.65. The number of hydrogen-bond acceptors (Lipinski definition) is 2. The first-order chi connectivity index (χ1) is 14.5. The Morgan fingerprint density at radius 2 is 1.83 bits per heavy atom. The smallest absolute Gasteiger partial charge is 0.146 e. The van der Waals surface area contributed by atoms with Crippen LogP contribution in [0.3, 0.4) is 0 Å². The van der Waals surface area contributed by atoms with Crippen LogP contribution in [0.15, 0.2) is 60.0 Å². The Kier molecular flexibility index (Phi) is 7.79. The maximum atomic E-state index is 6.65. The number of para-hydroxylation sites is 1. The zero-order valence-corrected chi connectivity index (χ0v) is 19.3. The molecule has 0 spiro atoms. The van der Waals surface area contributed by atoms with Gasteiger partial charge in [0, 0.05) is 5.69 Å². The number of benzene rings is 2. The zero-order valence-electron chi connectivity index (χ0n) is 19.3. The average molecular weight is 404 g/mol. The molecule has 1 fully saturated rings. The second-order valence-electron chi connectivity index (χ2n) is 8.64. The first-order valence-corrected chi connectivity index (χ1v) is 11.5. The molecule has 160 valence electrons. The summed E-state index contributed by atoms with van der Waals surface area (Å²) in [6.07, 6.45) is 11.8. The summed E-state index contributed by atoms with van der Waals surface area (Å²) in [5, 5.41) is 3.61. The van der Waals surface area contributed by atoms with Gasteiger partial charge in [-0.25, -0.2) is 0 Å². The molecule has 0 radical (unpaired) electrons. The van der Waals surface area contributed by atoms with Crippen molar-refractivity contribution in [2.75, 3.05) is 5.32 Å². The Labute approximate surface area is 183 Å². The molecule has 0 bridgehead atoms. The maximum Gasteiger partial charge on any atom is 0.146 e. The third kappa shape index (κ3) is 5.56. The monoisotopic (exact) mass is 403 g/mol. The van der Waals surface area contributed by atoms with Gasteiger partial charge in [0.15, 0.2) is 0 Å². The first-order valence-electron chi connectivity index (χ1n) is 11.5. The number of rotatable bonds is 8. The molecule has 3 rings (SSSR count). The molecule has 30 heavy (non-hydrogen) atoms. The minimum atomic E-state index is 0.794. The van der Waals surface area contributed by atoms with Crippen LogP contribution in [0.25, 0.3) is 0 Å². The zero-order chi connectivity index (χ0) is 21.5. The van der Waals surface area contributed by atoms with E-state index in [9.17, 15) is 0 Å². The van der Waals surface area contributed by atoms with Crippen LogP contribution in [-0.2, 0) is 6.42 Å². The van der Waals surface area contributed by atoms with E-state index in [1.165, 1.54) is 47.9 Å². The van der Waals surface area contributed by atoms with E-state index in [1.54, 1.807) is 0 Å². The molecule has 0 aliphatic heterocycles. The van der Waals surface area contributed by atoms with Gasteiger partial charge < -0.3 is 10.1 Å². The number of anilines is 1. The molecule has 1 N–H and O–H groups in total. The average Bonchev–Trinajstić information content (AvgIpc) is 3.23. The van der Waals surface area contributed by atoms with Gasteiger partial charge in [-0.2, -0.15) is 0 Å². The summed E-state index contributed by atoms with van der Waals surface area (Å²) in [6.45, 7) is 10.7. The molecule has 2 nitrogen and oxygen atoms in total. The topological polar surface area (TPSA) is 21.3 Å². The third-order valence-corrected chi connectivity index (χ3v) is 6.08. The van der Waals surface area contributed by atoms with Crippen LogP contribution in [0, 0.1) is 26.7 Å². The van der Waals surface area contributed by atoms with Crippen molar-refractivity contribution in [2.45, 2.75) is 73.1 Å². The summed E-state index contributed by atoms with van der Waals surface area (Å²) in [4.78, 5) is 0. The van der Waals surface area contributed by atoms with Crippen LogP contribution in [0.5, 0.6) is 5.75 Å². The first kappa shape index (κ1) is 22.2. The van der Waals surface area contributed by atoms with Crippen LogP contribution in [0.4, 0.5) is 5.69 Å². The van der Waals surface area contributed by atoms with Crippen molar-refractivity contribution in [3.8, 4) is 5.75 Å². The second kappa shape index (κ2) is 10.5. The largest absolute Gasteiger partial charge is 0.455 e. The lowest BCUT2D eigenvalue weighted by Gasteiger charge is -2.21. The van der Waals surface area contributed by atoms with Crippen molar-refractivity contribution in [1.29, 1.82) is 0 Å². The van der Waals surface area contributed by atoms with Gasteiger partial charge in [0.05, 0.1) is 5.70 Å². The van der Waals surface area contributed by atoms with E-state index in [2.05, 4.69) is 88.5 Å². The highest BCUT2D eigenvalue weighted by molar-refractivity contribution is 5.58. The van der Waals surface area contributed by atoms with Crippen LogP contribution in [0.1, 0.15) is 68.2 Å². The fourth-order valence-corrected chi connectivity index (χ4v) is 4.42. The number of hydrogen-bond donors (Lipinski definition) is 1. The Bertz CT molecular complexity index is 916. The standard InChI is InChI=1S/C28H37NO/c1-6-11-27(25(7-2)29-26-17-16-20(3)18-22(26)5)30-28-21(4)12-10-15-24(28)19-23-13-8-9-14-23/h7,10-12,15-18,23,29H,6,8-9,13-14,19H2,1-5H3/b25-7+,27-11+. The molecule has 0 unspecified atom stereocenters. The van der Waals surface area contributed by atoms with E-state index in [-0.39, 0.29) is 0 Å². The molecule has 2 aromatic rings. The van der Waals surface area contributed by atoms with E-state index >= 15 is 0 Å². The van der Waals surface area contributed by atoms with Crippen LogP contribution in [-0.4, -0.2) is 0 Å². The summed E-state index contributed by atoms with van der Waals surface area (Å²) in [5.41, 5.74) is 7.19. The number of aryl methyl sites for hydroxylation is 3. The minimum Gasteiger partial charge on any atom is -0.455 e. The van der Waals surface area contributed by atoms with Crippen molar-refractivity contribution >= 4 is 5.69 Å². The summed E-state index contributed by atoms with van der Waals surface area (Å²) in [6, 6.07) is 13.1. The quantitative estimate of drug-likeness (QED) is 0.356. The highest BCUT2D eigenvalue weighted by atomic mass is 16.5. The van der Waals surface area contributed by atoms with Crippen molar-refractivity contribution < 1.29 is 4.74 Å². The van der Waals surface area contributed by atoms with E-state index in [0.717, 1.165) is 41.7 Å². The molecule has 0 saturated heterocycles. The Morgan fingerprint density at radius 1 is 1.07 bits per heavy atom. The van der Waals surface area contributed by atoms with Crippen molar-refractivity contribution in [3.63, 3.8) is 0 Å². The highest BCUT2D eigenvalue weighted by Crippen LogP contribution is 2.34. The van der Waals surface area contributed by atoms with E-state index in [0.29, 0.717) is 0 Å². The van der Waals surface area contributed by atoms with Gasteiger partial charge in [0.1, 0.15) is 11.5 Å². The Morgan fingerprint density at radius 3 is 2.50 bits per heavy atom. The fraction of sp³-hybridized carbons (Fsp3) is 0.429. The lowest BCUT2D eigenvalue weighted by molar-refractivity contribution is 0.419. The molecule has 1 saturated carbocycles. The molecule has 0 heterocycles. The van der Waals surface area contributed by atoms with Crippen molar-refractivity contribution in [1.82, 2.24) is 0 Å². The summed E-state index contributed by atoms with van der Waals surface area (Å²) in [7, 11) is 0. The summed E-state index contributed by atoms with van der Waals surface area (Å²) < 4.78 is 6.65. The minimum absolute atomic E-state index is 0.794. The molecule has 2 heteroatoms. The van der Waals surface area contributed by atoms with Crippen LogP contribution < -0.4 is 10.1 Å².